The second kappa shape index (κ2) is 4.49. The summed E-state index contributed by atoms with van der Waals surface area (Å²) in [6.45, 7) is 4.08. The van der Waals surface area contributed by atoms with E-state index in [-0.39, 0.29) is 6.04 Å². The van der Waals surface area contributed by atoms with Crippen LogP contribution >= 0.6 is 0 Å². The molecule has 0 bridgehead atoms. The quantitative estimate of drug-likeness (QED) is 0.854. The predicted molar refractivity (Wildman–Crippen MR) is 65.5 cm³/mol. The third-order valence-corrected chi connectivity index (χ3v) is 2.62. The maximum Gasteiger partial charge on any atom is 0.0649 e. The molecule has 0 spiro atoms. The van der Waals surface area contributed by atoms with Crippen molar-refractivity contribution in [2.45, 2.75) is 26.3 Å². The van der Waals surface area contributed by atoms with Gasteiger partial charge in [0, 0.05) is 6.04 Å². The van der Waals surface area contributed by atoms with Crippen LogP contribution in [0.4, 0.5) is 0 Å². The molecule has 1 aromatic carbocycles. The largest absolute Gasteiger partial charge is 0.323 e. The number of para-hydroxylation sites is 1. The number of hydrogen-bond donors (Lipinski definition) is 1. The van der Waals surface area contributed by atoms with E-state index < -0.39 is 0 Å². The van der Waals surface area contributed by atoms with Crippen molar-refractivity contribution >= 4 is 0 Å². The van der Waals surface area contributed by atoms with Gasteiger partial charge in [0.15, 0.2) is 0 Å². The van der Waals surface area contributed by atoms with Crippen molar-refractivity contribution in [3.05, 3.63) is 47.8 Å². The van der Waals surface area contributed by atoms with Gasteiger partial charge >= 0.3 is 0 Å². The van der Waals surface area contributed by atoms with Gasteiger partial charge in [-0.05, 0) is 31.5 Å². The molecular weight excluding hydrogens is 198 g/mol. The van der Waals surface area contributed by atoms with Crippen LogP contribution in [-0.2, 0) is 6.42 Å². The summed E-state index contributed by atoms with van der Waals surface area (Å²) >= 11 is 0. The number of nitrogens with zero attached hydrogens (tertiary/aromatic N) is 2. The second-order valence-electron chi connectivity index (χ2n) is 3.95. The Bertz CT molecular complexity index is 457. The SMILES string of the molecule is CCc1cc([C@@H](C)N)n(-c2ccccc2)n1. The summed E-state index contributed by atoms with van der Waals surface area (Å²) in [5, 5.41) is 4.56. The number of benzene rings is 1. The molecule has 0 saturated carbocycles. The van der Waals surface area contributed by atoms with Crippen LogP contribution in [0.25, 0.3) is 5.69 Å². The average molecular weight is 215 g/mol. The highest BCUT2D eigenvalue weighted by molar-refractivity contribution is 5.34. The number of hydrogen-bond acceptors (Lipinski definition) is 2. The molecule has 0 saturated heterocycles. The molecule has 1 aromatic heterocycles. The fraction of sp³-hybridized carbons (Fsp3) is 0.308. The van der Waals surface area contributed by atoms with E-state index in [2.05, 4.69) is 18.1 Å². The van der Waals surface area contributed by atoms with E-state index >= 15 is 0 Å². The van der Waals surface area contributed by atoms with Crippen LogP contribution in [0.3, 0.4) is 0 Å². The van der Waals surface area contributed by atoms with E-state index in [9.17, 15) is 0 Å². The summed E-state index contributed by atoms with van der Waals surface area (Å²) < 4.78 is 1.93. The molecule has 0 unspecified atom stereocenters. The lowest BCUT2D eigenvalue weighted by molar-refractivity contribution is 0.706. The molecule has 1 atom stereocenters. The zero-order valence-corrected chi connectivity index (χ0v) is 9.72. The Balaban J connectivity index is 2.51. The van der Waals surface area contributed by atoms with E-state index in [1.54, 1.807) is 0 Å². The predicted octanol–water partition coefficient (Wildman–Crippen LogP) is 2.45. The zero-order valence-electron chi connectivity index (χ0n) is 9.72. The molecule has 2 aromatic rings. The summed E-state index contributed by atoms with van der Waals surface area (Å²) in [5.41, 5.74) is 9.16. The summed E-state index contributed by atoms with van der Waals surface area (Å²) in [6.07, 6.45) is 0.930. The Morgan fingerprint density at radius 2 is 2.00 bits per heavy atom. The fourth-order valence-electron chi connectivity index (χ4n) is 1.72. The first-order valence-electron chi connectivity index (χ1n) is 5.62. The van der Waals surface area contributed by atoms with E-state index in [4.69, 9.17) is 5.73 Å². The Morgan fingerprint density at radius 3 is 2.56 bits per heavy atom. The van der Waals surface area contributed by atoms with Crippen molar-refractivity contribution in [1.82, 2.24) is 9.78 Å². The molecule has 1 heterocycles. The molecule has 16 heavy (non-hydrogen) atoms. The Morgan fingerprint density at radius 1 is 1.31 bits per heavy atom. The van der Waals surface area contributed by atoms with Crippen molar-refractivity contribution in [2.24, 2.45) is 5.73 Å². The number of rotatable bonds is 3. The van der Waals surface area contributed by atoms with Crippen LogP contribution in [0.5, 0.6) is 0 Å². The number of aryl methyl sites for hydroxylation is 1. The highest BCUT2D eigenvalue weighted by Gasteiger charge is 2.11. The molecule has 84 valence electrons. The van der Waals surface area contributed by atoms with Gasteiger partial charge < -0.3 is 5.73 Å². The van der Waals surface area contributed by atoms with Crippen LogP contribution in [0.2, 0.25) is 0 Å². The molecule has 2 rings (SSSR count). The third-order valence-electron chi connectivity index (χ3n) is 2.62. The Kier molecular flexibility index (Phi) is 3.06. The van der Waals surface area contributed by atoms with Crippen LogP contribution in [0, 0.1) is 0 Å². The van der Waals surface area contributed by atoms with Crippen LogP contribution < -0.4 is 5.73 Å². The van der Waals surface area contributed by atoms with E-state index in [1.165, 1.54) is 0 Å². The van der Waals surface area contributed by atoms with E-state index in [0.717, 1.165) is 23.5 Å². The van der Waals surface area contributed by atoms with E-state index in [1.807, 2.05) is 41.9 Å². The summed E-state index contributed by atoms with van der Waals surface area (Å²) in [6, 6.07) is 12.2. The van der Waals surface area contributed by atoms with Crippen LogP contribution in [0.1, 0.15) is 31.3 Å². The topological polar surface area (TPSA) is 43.8 Å². The Labute approximate surface area is 95.9 Å². The fourth-order valence-corrected chi connectivity index (χ4v) is 1.72. The second-order valence-corrected chi connectivity index (χ2v) is 3.95. The lowest BCUT2D eigenvalue weighted by Gasteiger charge is -2.09. The van der Waals surface area contributed by atoms with E-state index in [0.29, 0.717) is 0 Å². The van der Waals surface area contributed by atoms with Crippen molar-refractivity contribution in [3.8, 4) is 5.69 Å². The monoisotopic (exact) mass is 215 g/mol. The van der Waals surface area contributed by atoms with Crippen LogP contribution in [0.15, 0.2) is 36.4 Å². The maximum atomic E-state index is 5.96. The van der Waals surface area contributed by atoms with Gasteiger partial charge in [-0.3, -0.25) is 0 Å². The first-order chi connectivity index (χ1) is 7.72. The summed E-state index contributed by atoms with van der Waals surface area (Å²) in [5.74, 6) is 0. The summed E-state index contributed by atoms with van der Waals surface area (Å²) in [4.78, 5) is 0. The third kappa shape index (κ3) is 1.99. The lowest BCUT2D eigenvalue weighted by Crippen LogP contribution is -2.11. The normalized spacial score (nSPS) is 12.7. The minimum Gasteiger partial charge on any atom is -0.323 e. The molecule has 2 N–H and O–H groups in total. The Hall–Kier alpha value is -1.61. The standard InChI is InChI=1S/C13H17N3/c1-3-11-9-13(10(2)14)16(15-11)12-7-5-4-6-8-12/h4-10H,3,14H2,1-2H3/t10-/m1/s1. The first kappa shape index (κ1) is 10.9. The summed E-state index contributed by atoms with van der Waals surface area (Å²) in [7, 11) is 0. The molecular formula is C13H17N3. The van der Waals surface area contributed by atoms with Gasteiger partial charge in [-0.1, -0.05) is 25.1 Å². The van der Waals surface area contributed by atoms with Gasteiger partial charge in [-0.15, -0.1) is 0 Å². The van der Waals surface area contributed by atoms with Gasteiger partial charge in [0.05, 0.1) is 17.1 Å². The van der Waals surface area contributed by atoms with Gasteiger partial charge in [-0.25, -0.2) is 4.68 Å². The van der Waals surface area contributed by atoms with Crippen molar-refractivity contribution in [2.75, 3.05) is 0 Å². The molecule has 3 nitrogen and oxygen atoms in total. The number of nitrogens with two attached hydrogens (primary N) is 1. The van der Waals surface area contributed by atoms with Crippen molar-refractivity contribution in [1.29, 1.82) is 0 Å². The highest BCUT2D eigenvalue weighted by atomic mass is 15.3. The van der Waals surface area contributed by atoms with Gasteiger partial charge in [-0.2, -0.15) is 5.10 Å². The zero-order chi connectivity index (χ0) is 11.5. The molecule has 0 fully saturated rings. The minimum atomic E-state index is -0.00648. The van der Waals surface area contributed by atoms with Gasteiger partial charge in [0.1, 0.15) is 0 Å². The molecule has 0 radical (unpaired) electrons. The average Bonchev–Trinajstić information content (AvgIpc) is 2.74. The molecule has 0 aliphatic carbocycles. The smallest absolute Gasteiger partial charge is 0.0649 e. The molecule has 0 aliphatic rings. The molecule has 0 aliphatic heterocycles. The van der Waals surface area contributed by atoms with Gasteiger partial charge in [0.2, 0.25) is 0 Å². The molecule has 0 amide bonds. The minimum absolute atomic E-state index is 0.00648. The number of aromatic nitrogens is 2. The maximum absolute atomic E-state index is 5.96. The highest BCUT2D eigenvalue weighted by Crippen LogP contribution is 2.17. The van der Waals surface area contributed by atoms with Crippen molar-refractivity contribution in [3.63, 3.8) is 0 Å². The lowest BCUT2D eigenvalue weighted by atomic mass is 10.2. The van der Waals surface area contributed by atoms with Gasteiger partial charge in [0.25, 0.3) is 0 Å². The molecule has 3 heteroatoms. The first-order valence-corrected chi connectivity index (χ1v) is 5.62. The van der Waals surface area contributed by atoms with Crippen molar-refractivity contribution < 1.29 is 0 Å². The van der Waals surface area contributed by atoms with Crippen LogP contribution in [-0.4, -0.2) is 9.78 Å².